The van der Waals surface area contributed by atoms with Crippen molar-refractivity contribution in [3.8, 4) is 5.88 Å². The molecule has 0 aliphatic rings. The van der Waals surface area contributed by atoms with Crippen LogP contribution in [-0.4, -0.2) is 21.5 Å². The Morgan fingerprint density at radius 2 is 1.95 bits per heavy atom. The van der Waals surface area contributed by atoms with Crippen LogP contribution in [0, 0.1) is 16.0 Å². The molecule has 0 aliphatic carbocycles. The second-order valence-corrected chi connectivity index (χ2v) is 5.80. The Bertz CT molecular complexity index is 481. The van der Waals surface area contributed by atoms with Crippen LogP contribution in [0.1, 0.15) is 40.4 Å². The Hall–Kier alpha value is -1.92. The Morgan fingerprint density at radius 3 is 2.37 bits per heavy atom. The highest BCUT2D eigenvalue weighted by atomic mass is 16.6. The summed E-state index contributed by atoms with van der Waals surface area (Å²) in [7, 11) is 0. The summed E-state index contributed by atoms with van der Waals surface area (Å²) in [6, 6.07) is 0. The summed E-state index contributed by atoms with van der Waals surface area (Å²) in [5, 5.41) is 11.0. The molecule has 0 atom stereocenters. The Kier molecular flexibility index (Phi) is 4.28. The van der Waals surface area contributed by atoms with Gasteiger partial charge in [0.25, 0.3) is 5.88 Å². The second-order valence-electron chi connectivity index (χ2n) is 5.80. The predicted molar refractivity (Wildman–Crippen MR) is 72.1 cm³/mol. The number of anilines is 1. The molecule has 0 fully saturated rings. The SMILES string of the molecule is CC(C)COc1nc(C(C)(C)C)nc(N)c1[N+](=O)[O-]. The molecule has 1 aromatic heterocycles. The van der Waals surface area contributed by atoms with Crippen LogP contribution in [0.15, 0.2) is 0 Å². The predicted octanol–water partition coefficient (Wildman–Crippen LogP) is 2.30. The van der Waals surface area contributed by atoms with Crippen molar-refractivity contribution in [2.24, 2.45) is 5.92 Å². The van der Waals surface area contributed by atoms with Gasteiger partial charge in [0, 0.05) is 5.41 Å². The first-order valence-corrected chi connectivity index (χ1v) is 6.08. The van der Waals surface area contributed by atoms with Gasteiger partial charge in [0.2, 0.25) is 5.82 Å². The zero-order valence-electron chi connectivity index (χ0n) is 11.9. The van der Waals surface area contributed by atoms with E-state index in [0.29, 0.717) is 12.4 Å². The van der Waals surface area contributed by atoms with Crippen molar-refractivity contribution in [1.29, 1.82) is 0 Å². The minimum atomic E-state index is -0.614. The molecule has 0 aromatic carbocycles. The molecule has 7 heteroatoms. The molecule has 2 N–H and O–H groups in total. The number of rotatable bonds is 4. The van der Waals surface area contributed by atoms with Crippen LogP contribution in [0.2, 0.25) is 0 Å². The molecule has 0 bridgehead atoms. The van der Waals surface area contributed by atoms with E-state index >= 15 is 0 Å². The van der Waals surface area contributed by atoms with E-state index in [1.54, 1.807) is 0 Å². The first-order chi connectivity index (χ1) is 8.62. The van der Waals surface area contributed by atoms with Gasteiger partial charge in [-0.05, 0) is 5.92 Å². The fourth-order valence-electron chi connectivity index (χ4n) is 1.30. The van der Waals surface area contributed by atoms with E-state index in [0.717, 1.165) is 0 Å². The monoisotopic (exact) mass is 268 g/mol. The highest BCUT2D eigenvalue weighted by Gasteiger charge is 2.28. The number of nitrogen functional groups attached to an aromatic ring is 1. The summed E-state index contributed by atoms with van der Waals surface area (Å²) in [4.78, 5) is 18.5. The van der Waals surface area contributed by atoms with Crippen molar-refractivity contribution in [3.05, 3.63) is 15.9 Å². The topological polar surface area (TPSA) is 104 Å². The number of hydrogen-bond acceptors (Lipinski definition) is 6. The van der Waals surface area contributed by atoms with Crippen molar-refractivity contribution in [2.75, 3.05) is 12.3 Å². The summed E-state index contributed by atoms with van der Waals surface area (Å²) in [5.41, 5.74) is 4.92. The molecular formula is C12H20N4O3. The molecule has 7 nitrogen and oxygen atoms in total. The third-order valence-corrected chi connectivity index (χ3v) is 2.29. The first-order valence-electron chi connectivity index (χ1n) is 6.08. The molecule has 0 saturated carbocycles. The molecule has 0 saturated heterocycles. The van der Waals surface area contributed by atoms with Crippen molar-refractivity contribution < 1.29 is 9.66 Å². The Labute approximate surface area is 112 Å². The van der Waals surface area contributed by atoms with Crippen molar-refractivity contribution >= 4 is 11.5 Å². The minimum absolute atomic E-state index is 0.0591. The maximum Gasteiger partial charge on any atom is 0.372 e. The van der Waals surface area contributed by atoms with Crippen LogP contribution in [0.25, 0.3) is 0 Å². The minimum Gasteiger partial charge on any atom is -0.472 e. The molecule has 1 heterocycles. The third kappa shape index (κ3) is 3.77. The zero-order valence-corrected chi connectivity index (χ0v) is 11.9. The number of ether oxygens (including phenoxy) is 1. The van der Waals surface area contributed by atoms with Gasteiger partial charge < -0.3 is 10.5 Å². The molecular weight excluding hydrogens is 248 g/mol. The van der Waals surface area contributed by atoms with Crippen molar-refractivity contribution in [2.45, 2.75) is 40.0 Å². The Morgan fingerprint density at radius 1 is 1.37 bits per heavy atom. The largest absolute Gasteiger partial charge is 0.472 e. The maximum absolute atomic E-state index is 11.0. The maximum atomic E-state index is 11.0. The van der Waals surface area contributed by atoms with Crippen molar-refractivity contribution in [1.82, 2.24) is 9.97 Å². The van der Waals surface area contributed by atoms with Gasteiger partial charge in [0.15, 0.2) is 0 Å². The lowest BCUT2D eigenvalue weighted by molar-refractivity contribution is -0.385. The zero-order chi connectivity index (χ0) is 14.8. The van der Waals surface area contributed by atoms with Crippen LogP contribution in [0.4, 0.5) is 11.5 Å². The van der Waals surface area contributed by atoms with Crippen LogP contribution >= 0.6 is 0 Å². The summed E-state index contributed by atoms with van der Waals surface area (Å²) in [5.74, 6) is 0.433. The Balaban J connectivity index is 3.29. The molecule has 19 heavy (non-hydrogen) atoms. The van der Waals surface area contributed by atoms with E-state index in [9.17, 15) is 10.1 Å². The second kappa shape index (κ2) is 5.38. The quantitative estimate of drug-likeness (QED) is 0.663. The van der Waals surface area contributed by atoms with E-state index in [4.69, 9.17) is 10.5 Å². The number of aromatic nitrogens is 2. The lowest BCUT2D eigenvalue weighted by Crippen LogP contribution is -2.19. The summed E-state index contributed by atoms with van der Waals surface area (Å²) >= 11 is 0. The summed E-state index contributed by atoms with van der Waals surface area (Å²) in [6.07, 6.45) is 0. The summed E-state index contributed by atoms with van der Waals surface area (Å²) in [6.45, 7) is 9.93. The van der Waals surface area contributed by atoms with Crippen LogP contribution in [0.5, 0.6) is 5.88 Å². The number of nitro groups is 1. The van der Waals surface area contributed by atoms with E-state index in [1.165, 1.54) is 0 Å². The summed E-state index contributed by atoms with van der Waals surface area (Å²) < 4.78 is 5.40. The molecule has 0 aliphatic heterocycles. The van der Waals surface area contributed by atoms with E-state index < -0.39 is 4.92 Å². The van der Waals surface area contributed by atoms with Crippen LogP contribution < -0.4 is 10.5 Å². The van der Waals surface area contributed by atoms with Gasteiger partial charge in [-0.25, -0.2) is 4.98 Å². The smallest absolute Gasteiger partial charge is 0.372 e. The van der Waals surface area contributed by atoms with Gasteiger partial charge in [0.1, 0.15) is 5.82 Å². The highest BCUT2D eigenvalue weighted by molar-refractivity contribution is 5.59. The van der Waals surface area contributed by atoms with Crippen LogP contribution in [-0.2, 0) is 5.41 Å². The van der Waals surface area contributed by atoms with E-state index in [-0.39, 0.29) is 28.7 Å². The van der Waals surface area contributed by atoms with Gasteiger partial charge in [0.05, 0.1) is 11.5 Å². The molecule has 1 rings (SSSR count). The van der Waals surface area contributed by atoms with Gasteiger partial charge in [-0.3, -0.25) is 10.1 Å². The van der Waals surface area contributed by atoms with Gasteiger partial charge in [-0.15, -0.1) is 0 Å². The lowest BCUT2D eigenvalue weighted by Gasteiger charge is -2.18. The normalized spacial score (nSPS) is 11.7. The molecule has 0 spiro atoms. The molecule has 106 valence electrons. The molecule has 0 amide bonds. The highest BCUT2D eigenvalue weighted by Crippen LogP contribution is 2.32. The molecule has 0 unspecified atom stereocenters. The number of nitrogens with zero attached hydrogens (tertiary/aromatic N) is 3. The average molecular weight is 268 g/mol. The van der Waals surface area contributed by atoms with Crippen LogP contribution in [0.3, 0.4) is 0 Å². The first kappa shape index (κ1) is 15.1. The van der Waals surface area contributed by atoms with Gasteiger partial charge >= 0.3 is 5.69 Å². The lowest BCUT2D eigenvalue weighted by atomic mass is 9.96. The average Bonchev–Trinajstić information content (AvgIpc) is 2.23. The van der Waals surface area contributed by atoms with Gasteiger partial charge in [-0.1, -0.05) is 34.6 Å². The molecule has 0 radical (unpaired) electrons. The molecule has 1 aromatic rings. The van der Waals surface area contributed by atoms with E-state index in [1.807, 2.05) is 34.6 Å². The van der Waals surface area contributed by atoms with Gasteiger partial charge in [-0.2, -0.15) is 4.98 Å². The fraction of sp³-hybridized carbons (Fsp3) is 0.667. The number of hydrogen-bond donors (Lipinski definition) is 1. The third-order valence-electron chi connectivity index (χ3n) is 2.29. The number of nitrogens with two attached hydrogens (primary N) is 1. The standard InChI is InChI=1S/C12H20N4O3/c1-7(2)6-19-10-8(16(17)18)9(13)14-11(15-10)12(3,4)5/h7H,6H2,1-5H3,(H2,13,14,15). The van der Waals surface area contributed by atoms with Crippen molar-refractivity contribution in [3.63, 3.8) is 0 Å². The fourth-order valence-corrected chi connectivity index (χ4v) is 1.30. The van der Waals surface area contributed by atoms with E-state index in [2.05, 4.69) is 9.97 Å².